The molecule has 1 aromatic rings. The number of para-hydroxylation sites is 1. The zero-order valence-electron chi connectivity index (χ0n) is 11.3. The number of carbonyl (C=O) groups excluding carboxylic acids is 2. The lowest BCUT2D eigenvalue weighted by Gasteiger charge is -2.27. The van der Waals surface area contributed by atoms with E-state index in [2.05, 4.69) is 5.32 Å². The molecule has 1 unspecified atom stereocenters. The molecule has 1 atom stereocenters. The molecule has 1 saturated heterocycles. The van der Waals surface area contributed by atoms with Crippen molar-refractivity contribution in [1.29, 1.82) is 0 Å². The molecule has 0 saturated carbocycles. The van der Waals surface area contributed by atoms with Crippen LogP contribution in [0.4, 0.5) is 10.1 Å². The first kappa shape index (κ1) is 14.8. The van der Waals surface area contributed by atoms with Gasteiger partial charge in [0.15, 0.2) is 0 Å². The van der Waals surface area contributed by atoms with E-state index in [-0.39, 0.29) is 41.4 Å². The third kappa shape index (κ3) is 2.77. The SMILES string of the molecule is CC(C)C1NC(=O)CCN(c2c(F)cccc2Cl)C1=O. The summed E-state index contributed by atoms with van der Waals surface area (Å²) in [4.78, 5) is 25.5. The van der Waals surface area contributed by atoms with Gasteiger partial charge in [-0.2, -0.15) is 0 Å². The molecule has 0 bridgehead atoms. The largest absolute Gasteiger partial charge is 0.344 e. The molecule has 1 heterocycles. The summed E-state index contributed by atoms with van der Waals surface area (Å²) in [6.07, 6.45) is 0.125. The lowest BCUT2D eigenvalue weighted by Crippen LogP contribution is -2.48. The Labute approximate surface area is 121 Å². The third-order valence-electron chi connectivity index (χ3n) is 3.29. The molecule has 1 aliphatic rings. The lowest BCUT2D eigenvalue weighted by atomic mass is 10.0. The Hall–Kier alpha value is -1.62. The minimum atomic E-state index is -0.666. The number of anilines is 1. The second kappa shape index (κ2) is 5.79. The summed E-state index contributed by atoms with van der Waals surface area (Å²) in [6, 6.07) is 3.59. The van der Waals surface area contributed by atoms with E-state index in [1.165, 1.54) is 23.1 Å². The van der Waals surface area contributed by atoms with Crippen molar-refractivity contribution in [3.05, 3.63) is 29.0 Å². The first-order valence-electron chi connectivity index (χ1n) is 6.46. The number of hydrogen-bond donors (Lipinski definition) is 1. The highest BCUT2D eigenvalue weighted by molar-refractivity contribution is 6.34. The predicted octanol–water partition coefficient (Wildman–Crippen LogP) is 2.36. The topological polar surface area (TPSA) is 49.4 Å². The van der Waals surface area contributed by atoms with Crippen molar-refractivity contribution < 1.29 is 14.0 Å². The van der Waals surface area contributed by atoms with Gasteiger partial charge in [-0.25, -0.2) is 4.39 Å². The summed E-state index contributed by atoms with van der Waals surface area (Å²) in [7, 11) is 0. The summed E-state index contributed by atoms with van der Waals surface area (Å²) in [5.41, 5.74) is 0.0429. The van der Waals surface area contributed by atoms with E-state index >= 15 is 0 Å². The molecule has 0 aliphatic carbocycles. The van der Waals surface area contributed by atoms with Gasteiger partial charge in [0.05, 0.1) is 10.7 Å². The summed E-state index contributed by atoms with van der Waals surface area (Å²) in [6.45, 7) is 3.78. The molecular formula is C14H16ClFN2O2. The fraction of sp³-hybridized carbons (Fsp3) is 0.429. The Morgan fingerprint density at radius 2 is 2.10 bits per heavy atom. The number of nitrogens with zero attached hydrogens (tertiary/aromatic N) is 1. The van der Waals surface area contributed by atoms with Crippen LogP contribution in [0.5, 0.6) is 0 Å². The van der Waals surface area contributed by atoms with Gasteiger partial charge in [-0.05, 0) is 18.1 Å². The second-order valence-corrected chi connectivity index (χ2v) is 5.51. The molecule has 1 N–H and O–H groups in total. The molecule has 20 heavy (non-hydrogen) atoms. The Morgan fingerprint density at radius 3 is 2.70 bits per heavy atom. The zero-order valence-corrected chi connectivity index (χ0v) is 12.1. The van der Waals surface area contributed by atoms with Crippen molar-refractivity contribution in [3.8, 4) is 0 Å². The molecule has 1 aliphatic heterocycles. The van der Waals surface area contributed by atoms with Crippen LogP contribution in [-0.2, 0) is 9.59 Å². The second-order valence-electron chi connectivity index (χ2n) is 5.10. The van der Waals surface area contributed by atoms with Crippen LogP contribution < -0.4 is 10.2 Å². The van der Waals surface area contributed by atoms with Crippen molar-refractivity contribution >= 4 is 29.1 Å². The highest BCUT2D eigenvalue weighted by Crippen LogP contribution is 2.30. The van der Waals surface area contributed by atoms with Crippen molar-refractivity contribution in [2.45, 2.75) is 26.3 Å². The molecule has 1 fully saturated rings. The predicted molar refractivity (Wildman–Crippen MR) is 75.1 cm³/mol. The van der Waals surface area contributed by atoms with Crippen molar-refractivity contribution in [2.24, 2.45) is 5.92 Å². The minimum absolute atomic E-state index is 0.0429. The van der Waals surface area contributed by atoms with Gasteiger partial charge in [-0.1, -0.05) is 31.5 Å². The molecule has 2 rings (SSSR count). The number of halogens is 2. The molecule has 2 amide bonds. The summed E-state index contributed by atoms with van der Waals surface area (Å²) in [5, 5.41) is 2.83. The number of amides is 2. The number of benzene rings is 1. The van der Waals surface area contributed by atoms with Gasteiger partial charge in [0.2, 0.25) is 11.8 Å². The normalized spacial score (nSPS) is 20.1. The Morgan fingerprint density at radius 1 is 1.40 bits per heavy atom. The lowest BCUT2D eigenvalue weighted by molar-refractivity contribution is -0.126. The van der Waals surface area contributed by atoms with Crippen LogP contribution in [0.15, 0.2) is 18.2 Å². The van der Waals surface area contributed by atoms with Gasteiger partial charge in [0.1, 0.15) is 11.9 Å². The third-order valence-corrected chi connectivity index (χ3v) is 3.59. The molecule has 0 radical (unpaired) electrons. The summed E-state index contributed by atoms with van der Waals surface area (Å²) in [5.74, 6) is -1.20. The van der Waals surface area contributed by atoms with Crippen LogP contribution in [0.1, 0.15) is 20.3 Å². The van der Waals surface area contributed by atoms with Crippen molar-refractivity contribution in [1.82, 2.24) is 5.32 Å². The number of rotatable bonds is 2. The highest BCUT2D eigenvalue weighted by Gasteiger charge is 2.34. The van der Waals surface area contributed by atoms with Gasteiger partial charge in [0.25, 0.3) is 0 Å². The first-order valence-corrected chi connectivity index (χ1v) is 6.84. The average molecular weight is 299 g/mol. The van der Waals surface area contributed by atoms with Crippen LogP contribution in [0, 0.1) is 11.7 Å². The van der Waals surface area contributed by atoms with Gasteiger partial charge >= 0.3 is 0 Å². The summed E-state index contributed by atoms with van der Waals surface area (Å²) >= 11 is 6.01. The minimum Gasteiger partial charge on any atom is -0.344 e. The van der Waals surface area contributed by atoms with Crippen LogP contribution in [0.25, 0.3) is 0 Å². The maximum Gasteiger partial charge on any atom is 0.249 e. The van der Waals surface area contributed by atoms with E-state index in [4.69, 9.17) is 11.6 Å². The van der Waals surface area contributed by atoms with E-state index < -0.39 is 11.9 Å². The van der Waals surface area contributed by atoms with E-state index in [9.17, 15) is 14.0 Å². The molecule has 6 heteroatoms. The maximum absolute atomic E-state index is 14.0. The fourth-order valence-corrected chi connectivity index (χ4v) is 2.48. The molecule has 108 valence electrons. The highest BCUT2D eigenvalue weighted by atomic mass is 35.5. The van der Waals surface area contributed by atoms with Crippen LogP contribution in [-0.4, -0.2) is 24.4 Å². The van der Waals surface area contributed by atoms with Crippen LogP contribution >= 0.6 is 11.6 Å². The number of hydrogen-bond acceptors (Lipinski definition) is 2. The van der Waals surface area contributed by atoms with Gasteiger partial charge in [0, 0.05) is 13.0 Å². The van der Waals surface area contributed by atoms with Crippen LogP contribution in [0.2, 0.25) is 5.02 Å². The van der Waals surface area contributed by atoms with Gasteiger partial charge in [-0.15, -0.1) is 0 Å². The fourth-order valence-electron chi connectivity index (χ4n) is 2.22. The zero-order chi connectivity index (χ0) is 14.9. The molecule has 0 spiro atoms. The molecule has 1 aromatic carbocycles. The first-order chi connectivity index (χ1) is 9.41. The van der Waals surface area contributed by atoms with Crippen molar-refractivity contribution in [2.75, 3.05) is 11.4 Å². The smallest absolute Gasteiger partial charge is 0.249 e. The standard InChI is InChI=1S/C14H16ClFN2O2/c1-8(2)12-14(20)18(7-6-11(19)17-12)13-9(15)4-3-5-10(13)16/h3-5,8,12H,6-7H2,1-2H3,(H,17,19). The van der Waals surface area contributed by atoms with E-state index in [0.717, 1.165) is 0 Å². The number of nitrogens with one attached hydrogen (secondary N) is 1. The Balaban J connectivity index is 2.44. The van der Waals surface area contributed by atoms with E-state index in [1.54, 1.807) is 0 Å². The monoisotopic (exact) mass is 298 g/mol. The summed E-state index contributed by atoms with van der Waals surface area (Å²) < 4.78 is 14.0. The van der Waals surface area contributed by atoms with Crippen LogP contribution in [0.3, 0.4) is 0 Å². The Bertz CT molecular complexity index is 528. The molecule has 0 aromatic heterocycles. The quantitative estimate of drug-likeness (QED) is 0.911. The van der Waals surface area contributed by atoms with E-state index in [1.807, 2.05) is 13.8 Å². The van der Waals surface area contributed by atoms with Crippen molar-refractivity contribution in [3.63, 3.8) is 0 Å². The molecular weight excluding hydrogens is 283 g/mol. The Kier molecular flexibility index (Phi) is 4.28. The average Bonchev–Trinajstić information content (AvgIpc) is 2.51. The van der Waals surface area contributed by atoms with Gasteiger partial charge < -0.3 is 10.2 Å². The van der Waals surface area contributed by atoms with E-state index in [0.29, 0.717) is 0 Å². The number of carbonyl (C=O) groups is 2. The van der Waals surface area contributed by atoms with Gasteiger partial charge in [-0.3, -0.25) is 9.59 Å². The maximum atomic E-state index is 14.0. The molecule has 4 nitrogen and oxygen atoms in total.